The number of hydrogen-bond donors (Lipinski definition) is 0. The Morgan fingerprint density at radius 3 is 2.29 bits per heavy atom. The minimum Gasteiger partial charge on any atom is -0.284 e. The van der Waals surface area contributed by atoms with E-state index in [4.69, 9.17) is 0 Å². The zero-order valence-corrected chi connectivity index (χ0v) is 8.24. The van der Waals surface area contributed by atoms with Crippen LogP contribution >= 0.6 is 0 Å². The molecular weight excluding hydrogens is 193 g/mol. The van der Waals surface area contributed by atoms with Crippen molar-refractivity contribution in [1.82, 2.24) is 0 Å². The summed E-state index contributed by atoms with van der Waals surface area (Å²) >= 11 is 0. The van der Waals surface area contributed by atoms with E-state index in [-0.39, 0.29) is 17.9 Å². The first-order chi connectivity index (χ1) is 6.34. The molecule has 0 N–H and O–H groups in total. The molecule has 0 bridgehead atoms. The third-order valence-corrected chi connectivity index (χ3v) is 2.49. The van der Waals surface area contributed by atoms with E-state index in [1.54, 1.807) is 0 Å². The molecule has 1 aliphatic carbocycles. The van der Waals surface area contributed by atoms with Gasteiger partial charge in [0.2, 0.25) is 0 Å². The van der Waals surface area contributed by atoms with Gasteiger partial charge in [0.1, 0.15) is 0 Å². The highest BCUT2D eigenvalue weighted by atomic mass is 19.4. The van der Waals surface area contributed by atoms with Crippen LogP contribution < -0.4 is 0 Å². The standard InChI is InChI=1S/C10H13F3O/c1-6(2)7-4-3-5-8(7)9(14)10(11,12)13/h6H,3-5H2,1-2H3. The number of halogens is 3. The Labute approximate surface area is 81.0 Å². The van der Waals surface area contributed by atoms with E-state index < -0.39 is 12.0 Å². The Morgan fingerprint density at radius 1 is 1.29 bits per heavy atom. The number of carbonyl (C=O) groups excluding carboxylic acids is 1. The van der Waals surface area contributed by atoms with Gasteiger partial charge >= 0.3 is 6.18 Å². The predicted octanol–water partition coefficient (Wildman–Crippen LogP) is 3.25. The van der Waals surface area contributed by atoms with Crippen molar-refractivity contribution in [2.45, 2.75) is 39.3 Å². The zero-order valence-electron chi connectivity index (χ0n) is 8.24. The molecule has 1 nitrogen and oxygen atoms in total. The fourth-order valence-corrected chi connectivity index (χ4v) is 1.83. The number of hydrogen-bond acceptors (Lipinski definition) is 1. The highest BCUT2D eigenvalue weighted by Crippen LogP contribution is 2.35. The third-order valence-electron chi connectivity index (χ3n) is 2.49. The normalized spacial score (nSPS) is 18.1. The lowest BCUT2D eigenvalue weighted by atomic mass is 9.97. The Bertz CT molecular complexity index is 274. The molecule has 0 fully saturated rings. The minimum atomic E-state index is -4.71. The van der Waals surface area contributed by atoms with Gasteiger partial charge in [0.15, 0.2) is 0 Å². The summed E-state index contributed by atoms with van der Waals surface area (Å²) < 4.78 is 36.5. The molecule has 4 heteroatoms. The fourth-order valence-electron chi connectivity index (χ4n) is 1.83. The van der Waals surface area contributed by atoms with Crippen LogP contribution in [0.4, 0.5) is 13.2 Å². The van der Waals surface area contributed by atoms with Gasteiger partial charge in [-0.15, -0.1) is 0 Å². The van der Waals surface area contributed by atoms with Crippen LogP contribution in [0.3, 0.4) is 0 Å². The predicted molar refractivity (Wildman–Crippen MR) is 46.8 cm³/mol. The summed E-state index contributed by atoms with van der Waals surface area (Å²) in [5.41, 5.74) is 0.694. The van der Waals surface area contributed by atoms with Gasteiger partial charge in [-0.1, -0.05) is 19.4 Å². The maximum Gasteiger partial charge on any atom is 0.454 e. The van der Waals surface area contributed by atoms with E-state index in [0.29, 0.717) is 18.4 Å². The van der Waals surface area contributed by atoms with Gasteiger partial charge in [-0.25, -0.2) is 0 Å². The van der Waals surface area contributed by atoms with Crippen molar-refractivity contribution in [3.63, 3.8) is 0 Å². The van der Waals surface area contributed by atoms with Gasteiger partial charge in [0.25, 0.3) is 5.78 Å². The van der Waals surface area contributed by atoms with Crippen molar-refractivity contribution in [2.75, 3.05) is 0 Å². The molecule has 0 spiro atoms. The zero-order chi connectivity index (χ0) is 10.9. The molecule has 0 saturated heterocycles. The molecule has 0 aromatic heterocycles. The summed E-state index contributed by atoms with van der Waals surface area (Å²) in [6.07, 6.45) is -3.12. The summed E-state index contributed by atoms with van der Waals surface area (Å²) in [7, 11) is 0. The first-order valence-corrected chi connectivity index (χ1v) is 4.67. The van der Waals surface area contributed by atoms with Gasteiger partial charge in [-0.05, 0) is 25.2 Å². The lowest BCUT2D eigenvalue weighted by Gasteiger charge is -2.11. The lowest BCUT2D eigenvalue weighted by Crippen LogP contribution is -2.25. The third kappa shape index (κ3) is 2.16. The van der Waals surface area contributed by atoms with Crippen LogP contribution in [0, 0.1) is 5.92 Å². The van der Waals surface area contributed by atoms with E-state index in [1.165, 1.54) is 0 Å². The topological polar surface area (TPSA) is 17.1 Å². The molecule has 0 amide bonds. The Balaban J connectivity index is 2.96. The Hall–Kier alpha value is -0.800. The number of allylic oxidation sites excluding steroid dienone is 2. The summed E-state index contributed by atoms with van der Waals surface area (Å²) in [4.78, 5) is 11.0. The molecule has 0 atom stereocenters. The van der Waals surface area contributed by atoms with Crippen LogP contribution in [0.25, 0.3) is 0 Å². The van der Waals surface area contributed by atoms with Crippen molar-refractivity contribution in [3.8, 4) is 0 Å². The van der Waals surface area contributed by atoms with E-state index in [2.05, 4.69) is 0 Å². The quantitative estimate of drug-likeness (QED) is 0.677. The second kappa shape index (κ2) is 3.75. The maximum atomic E-state index is 12.2. The van der Waals surface area contributed by atoms with E-state index >= 15 is 0 Å². The van der Waals surface area contributed by atoms with E-state index in [1.807, 2.05) is 13.8 Å². The molecule has 0 aliphatic heterocycles. The van der Waals surface area contributed by atoms with Gasteiger partial charge in [0.05, 0.1) is 0 Å². The molecule has 14 heavy (non-hydrogen) atoms. The van der Waals surface area contributed by atoms with Crippen LogP contribution in [0.2, 0.25) is 0 Å². The van der Waals surface area contributed by atoms with Crippen LogP contribution in [-0.2, 0) is 4.79 Å². The number of ketones is 1. The van der Waals surface area contributed by atoms with Gasteiger partial charge in [0, 0.05) is 5.57 Å². The SMILES string of the molecule is CC(C)C1=C(C(=O)C(F)(F)F)CCC1. The van der Waals surface area contributed by atoms with Gasteiger partial charge in [-0.3, -0.25) is 4.79 Å². The summed E-state index contributed by atoms with van der Waals surface area (Å²) in [6, 6.07) is 0. The van der Waals surface area contributed by atoms with E-state index in [9.17, 15) is 18.0 Å². The van der Waals surface area contributed by atoms with Crippen molar-refractivity contribution in [3.05, 3.63) is 11.1 Å². The molecule has 0 aromatic carbocycles. The Kier molecular flexibility index (Phi) is 3.02. The molecular formula is C10H13F3O. The molecule has 0 aromatic rings. The average molecular weight is 206 g/mol. The highest BCUT2D eigenvalue weighted by Gasteiger charge is 2.42. The second-order valence-corrected chi connectivity index (χ2v) is 3.84. The van der Waals surface area contributed by atoms with Crippen LogP contribution in [0.15, 0.2) is 11.1 Å². The largest absolute Gasteiger partial charge is 0.454 e. The summed E-state index contributed by atoms with van der Waals surface area (Å²) in [5.74, 6) is -1.60. The molecule has 0 radical (unpaired) electrons. The monoisotopic (exact) mass is 206 g/mol. The molecule has 1 rings (SSSR count). The minimum absolute atomic E-state index is 0.00694. The van der Waals surface area contributed by atoms with Crippen molar-refractivity contribution < 1.29 is 18.0 Å². The van der Waals surface area contributed by atoms with Crippen molar-refractivity contribution in [2.24, 2.45) is 5.92 Å². The molecule has 0 unspecified atom stereocenters. The van der Waals surface area contributed by atoms with Crippen molar-refractivity contribution >= 4 is 5.78 Å². The smallest absolute Gasteiger partial charge is 0.284 e. The van der Waals surface area contributed by atoms with Crippen LogP contribution in [0.1, 0.15) is 33.1 Å². The number of carbonyl (C=O) groups is 1. The number of Topliss-reactive ketones (excluding diaryl/α,β-unsaturated/α-hetero) is 1. The second-order valence-electron chi connectivity index (χ2n) is 3.84. The van der Waals surface area contributed by atoms with E-state index in [0.717, 1.165) is 0 Å². The summed E-state index contributed by atoms with van der Waals surface area (Å²) in [6.45, 7) is 3.65. The summed E-state index contributed by atoms with van der Waals surface area (Å²) in [5, 5.41) is 0. The van der Waals surface area contributed by atoms with Crippen LogP contribution in [0.5, 0.6) is 0 Å². The molecule has 0 saturated carbocycles. The lowest BCUT2D eigenvalue weighted by molar-refractivity contribution is -0.166. The first-order valence-electron chi connectivity index (χ1n) is 4.67. The van der Waals surface area contributed by atoms with Gasteiger partial charge < -0.3 is 0 Å². The van der Waals surface area contributed by atoms with Crippen LogP contribution in [-0.4, -0.2) is 12.0 Å². The molecule has 0 heterocycles. The highest BCUT2D eigenvalue weighted by molar-refractivity contribution is 6.00. The number of rotatable bonds is 2. The Morgan fingerprint density at radius 2 is 1.86 bits per heavy atom. The number of alkyl halides is 3. The molecule has 80 valence electrons. The fraction of sp³-hybridized carbons (Fsp3) is 0.700. The maximum absolute atomic E-state index is 12.2. The first kappa shape index (κ1) is 11.3. The molecule has 1 aliphatic rings. The average Bonchev–Trinajstić information content (AvgIpc) is 2.48. The van der Waals surface area contributed by atoms with Gasteiger partial charge in [-0.2, -0.15) is 13.2 Å². The van der Waals surface area contributed by atoms with Crippen molar-refractivity contribution in [1.29, 1.82) is 0 Å².